The number of nitrogens with one attached hydrogen (secondary N) is 1. The number of aliphatic hydroxyl groups is 1. The summed E-state index contributed by atoms with van der Waals surface area (Å²) in [6.07, 6.45) is 0.801. The van der Waals surface area contributed by atoms with Crippen LogP contribution >= 0.6 is 11.6 Å². The summed E-state index contributed by atoms with van der Waals surface area (Å²) in [6.45, 7) is 3.19. The Labute approximate surface area is 181 Å². The first kappa shape index (κ1) is 21.0. The summed E-state index contributed by atoms with van der Waals surface area (Å²) in [5, 5.41) is 13.5. The molecule has 2 unspecified atom stereocenters. The number of aromatic nitrogens is 3. The van der Waals surface area contributed by atoms with E-state index in [-0.39, 0.29) is 18.4 Å². The predicted molar refractivity (Wildman–Crippen MR) is 110 cm³/mol. The van der Waals surface area contributed by atoms with Crippen LogP contribution in [0.15, 0.2) is 41.1 Å². The number of amides is 1. The summed E-state index contributed by atoms with van der Waals surface area (Å²) in [5.74, 6) is -0.127. The number of aliphatic hydroxyl groups excluding tert-OH is 1. The molecule has 0 bridgehead atoms. The predicted octanol–water partition coefficient (Wildman–Crippen LogP) is 3.80. The number of carbonyl (C=O) groups is 1. The van der Waals surface area contributed by atoms with E-state index < -0.39 is 30.1 Å². The molecule has 2 aromatic heterocycles. The number of ether oxygens (including phenoxy) is 1. The highest BCUT2D eigenvalue weighted by Gasteiger charge is 2.39. The summed E-state index contributed by atoms with van der Waals surface area (Å²) in [7, 11) is 0. The number of rotatable bonds is 6. The fourth-order valence-corrected chi connectivity index (χ4v) is 3.25. The van der Waals surface area contributed by atoms with Crippen LogP contribution in [-0.4, -0.2) is 44.9 Å². The molecule has 1 aliphatic heterocycles. The maximum atomic E-state index is 14.4. The van der Waals surface area contributed by atoms with Gasteiger partial charge >= 0.3 is 6.09 Å². The molecular formula is C20H19ClFN5O4. The highest BCUT2D eigenvalue weighted by Crippen LogP contribution is 2.28. The van der Waals surface area contributed by atoms with E-state index in [1.54, 1.807) is 25.3 Å². The number of carbonyl (C=O) groups excluding carboxylic acids is 1. The van der Waals surface area contributed by atoms with Crippen molar-refractivity contribution in [2.75, 3.05) is 16.8 Å². The Morgan fingerprint density at radius 2 is 2.00 bits per heavy atom. The van der Waals surface area contributed by atoms with E-state index in [0.29, 0.717) is 16.7 Å². The van der Waals surface area contributed by atoms with Gasteiger partial charge in [-0.3, -0.25) is 0 Å². The zero-order valence-corrected chi connectivity index (χ0v) is 17.4. The van der Waals surface area contributed by atoms with Crippen molar-refractivity contribution >= 4 is 29.5 Å². The van der Waals surface area contributed by atoms with E-state index in [4.69, 9.17) is 20.8 Å². The van der Waals surface area contributed by atoms with E-state index in [1.165, 1.54) is 6.92 Å². The highest BCUT2D eigenvalue weighted by molar-refractivity contribution is 6.30. The molecule has 3 atom stereocenters. The Morgan fingerprint density at radius 3 is 2.71 bits per heavy atom. The van der Waals surface area contributed by atoms with E-state index in [0.717, 1.165) is 16.7 Å². The lowest BCUT2D eigenvalue weighted by atomic mass is 10.2. The Morgan fingerprint density at radius 1 is 1.26 bits per heavy atom. The van der Waals surface area contributed by atoms with Crippen molar-refractivity contribution in [2.24, 2.45) is 0 Å². The van der Waals surface area contributed by atoms with E-state index in [2.05, 4.69) is 20.3 Å². The molecule has 2 N–H and O–H groups in total. The van der Waals surface area contributed by atoms with Gasteiger partial charge in [0.05, 0.1) is 18.5 Å². The second kappa shape index (κ2) is 8.48. The summed E-state index contributed by atoms with van der Waals surface area (Å²) < 4.78 is 25.1. The van der Waals surface area contributed by atoms with E-state index in [9.17, 15) is 14.3 Å². The standard InChI is InChI=1S/C20H19ClFN5O4/c1-10(18-23-8-16(31-18)12-3-5-13(21)6-4-12)25-19-24-7-14(22)17(26-19)27-15(11(2)28)9-30-20(27)29/h3-8,10-11,15,28H,9H2,1-2H3,(H,24,25,26)/t10?,11-,15?/m1/s1. The number of nitrogens with zero attached hydrogens (tertiary/aromatic N) is 4. The van der Waals surface area contributed by atoms with Crippen LogP contribution in [0.3, 0.4) is 0 Å². The third-order valence-corrected chi connectivity index (χ3v) is 5.04. The van der Waals surface area contributed by atoms with Gasteiger partial charge in [0.1, 0.15) is 18.7 Å². The van der Waals surface area contributed by atoms with Crippen LogP contribution in [-0.2, 0) is 4.74 Å². The summed E-state index contributed by atoms with van der Waals surface area (Å²) >= 11 is 5.91. The van der Waals surface area contributed by atoms with Crippen LogP contribution in [0, 0.1) is 5.82 Å². The third kappa shape index (κ3) is 4.30. The number of cyclic esters (lactones) is 1. The van der Waals surface area contributed by atoms with Crippen LogP contribution in [0.5, 0.6) is 0 Å². The van der Waals surface area contributed by atoms with Gasteiger partial charge in [0.15, 0.2) is 17.4 Å². The van der Waals surface area contributed by atoms with Gasteiger partial charge in [-0.25, -0.2) is 24.1 Å². The molecule has 0 aliphatic carbocycles. The summed E-state index contributed by atoms with van der Waals surface area (Å²) in [5.41, 5.74) is 0.812. The molecule has 4 rings (SSSR count). The van der Waals surface area contributed by atoms with Crippen molar-refractivity contribution in [3.05, 3.63) is 53.4 Å². The second-order valence-electron chi connectivity index (χ2n) is 7.06. The third-order valence-electron chi connectivity index (χ3n) is 4.78. The molecule has 1 amide bonds. The van der Waals surface area contributed by atoms with Crippen LogP contribution in [0.4, 0.5) is 21.0 Å². The Hall–Kier alpha value is -3.24. The lowest BCUT2D eigenvalue weighted by Gasteiger charge is -2.23. The highest BCUT2D eigenvalue weighted by atomic mass is 35.5. The van der Waals surface area contributed by atoms with Crippen molar-refractivity contribution in [3.63, 3.8) is 0 Å². The van der Waals surface area contributed by atoms with Gasteiger partial charge < -0.3 is 19.6 Å². The van der Waals surface area contributed by atoms with Crippen molar-refractivity contribution in [1.82, 2.24) is 15.0 Å². The van der Waals surface area contributed by atoms with E-state index in [1.807, 2.05) is 12.1 Å². The van der Waals surface area contributed by atoms with Gasteiger partial charge in [0.2, 0.25) is 11.8 Å². The normalized spacial score (nSPS) is 18.0. The van der Waals surface area contributed by atoms with Crippen LogP contribution in [0.1, 0.15) is 25.8 Å². The van der Waals surface area contributed by atoms with Crippen LogP contribution in [0.2, 0.25) is 5.02 Å². The van der Waals surface area contributed by atoms with Gasteiger partial charge in [0, 0.05) is 10.6 Å². The Balaban J connectivity index is 1.54. The van der Waals surface area contributed by atoms with Crippen molar-refractivity contribution in [1.29, 1.82) is 0 Å². The molecule has 0 spiro atoms. The molecule has 1 saturated heterocycles. The maximum Gasteiger partial charge on any atom is 0.416 e. The number of oxazole rings is 1. The Kier molecular flexibility index (Phi) is 5.75. The Bertz CT molecular complexity index is 1090. The molecule has 162 valence electrons. The minimum Gasteiger partial charge on any atom is -0.447 e. The smallest absolute Gasteiger partial charge is 0.416 e. The zero-order valence-electron chi connectivity index (χ0n) is 16.6. The number of halogens is 2. The number of anilines is 2. The average molecular weight is 448 g/mol. The topological polar surface area (TPSA) is 114 Å². The molecule has 3 aromatic rings. The molecule has 11 heteroatoms. The van der Waals surface area contributed by atoms with Gasteiger partial charge in [-0.2, -0.15) is 4.98 Å². The quantitative estimate of drug-likeness (QED) is 0.586. The molecule has 9 nitrogen and oxygen atoms in total. The SMILES string of the molecule is CC(Nc1ncc(F)c(N2C(=O)OCC2[C@@H](C)O)n1)c1ncc(-c2ccc(Cl)cc2)o1. The fourth-order valence-electron chi connectivity index (χ4n) is 3.12. The van der Waals surface area contributed by atoms with Crippen LogP contribution < -0.4 is 10.2 Å². The molecule has 3 heterocycles. The molecule has 1 aliphatic rings. The summed E-state index contributed by atoms with van der Waals surface area (Å²) in [4.78, 5) is 25.4. The number of benzene rings is 1. The monoisotopic (exact) mass is 447 g/mol. The molecule has 1 aromatic carbocycles. The first-order valence-corrected chi connectivity index (χ1v) is 9.86. The minimum absolute atomic E-state index is 0.0548. The summed E-state index contributed by atoms with van der Waals surface area (Å²) in [6, 6.07) is 5.91. The maximum absolute atomic E-state index is 14.4. The molecule has 31 heavy (non-hydrogen) atoms. The number of hydrogen-bond donors (Lipinski definition) is 2. The van der Waals surface area contributed by atoms with Gasteiger partial charge in [-0.1, -0.05) is 11.6 Å². The van der Waals surface area contributed by atoms with Crippen molar-refractivity contribution in [2.45, 2.75) is 32.0 Å². The van der Waals surface area contributed by atoms with E-state index >= 15 is 0 Å². The minimum atomic E-state index is -0.935. The second-order valence-corrected chi connectivity index (χ2v) is 7.49. The van der Waals surface area contributed by atoms with Gasteiger partial charge in [-0.15, -0.1) is 0 Å². The fraction of sp³-hybridized carbons (Fsp3) is 0.300. The lowest BCUT2D eigenvalue weighted by Crippen LogP contribution is -2.42. The van der Waals surface area contributed by atoms with Crippen molar-refractivity contribution < 1.29 is 23.4 Å². The first-order valence-electron chi connectivity index (χ1n) is 9.48. The lowest BCUT2D eigenvalue weighted by molar-refractivity contribution is 0.142. The van der Waals surface area contributed by atoms with Gasteiger partial charge in [-0.05, 0) is 38.1 Å². The first-order chi connectivity index (χ1) is 14.8. The number of hydrogen-bond acceptors (Lipinski definition) is 8. The van der Waals surface area contributed by atoms with Crippen molar-refractivity contribution in [3.8, 4) is 11.3 Å². The van der Waals surface area contributed by atoms with Gasteiger partial charge in [0.25, 0.3) is 0 Å². The molecule has 0 saturated carbocycles. The molecular weight excluding hydrogens is 429 g/mol. The zero-order chi connectivity index (χ0) is 22.1. The molecule has 1 fully saturated rings. The average Bonchev–Trinajstić information content (AvgIpc) is 3.37. The molecule has 0 radical (unpaired) electrons. The largest absolute Gasteiger partial charge is 0.447 e. The van der Waals surface area contributed by atoms with Crippen LogP contribution in [0.25, 0.3) is 11.3 Å².